The van der Waals surface area contributed by atoms with Crippen LogP contribution in [0.15, 0.2) is 41.1 Å². The Balaban J connectivity index is 1.30. The highest BCUT2D eigenvalue weighted by molar-refractivity contribution is 7.07. The summed E-state index contributed by atoms with van der Waals surface area (Å²) in [6.07, 6.45) is -0.689. The molecule has 136 valence electrons. The Morgan fingerprint density at radius 2 is 2.00 bits per heavy atom. The smallest absolute Gasteiger partial charge is 0.266 e. The molecule has 1 N–H and O–H groups in total. The van der Waals surface area contributed by atoms with Crippen LogP contribution in [0.2, 0.25) is 0 Å². The largest absolute Gasteiger partial charge is 0.478 e. The summed E-state index contributed by atoms with van der Waals surface area (Å²) in [5.74, 6) is 0.332. The number of thiophene rings is 1. The molecule has 1 aromatic carbocycles. The van der Waals surface area contributed by atoms with E-state index in [2.05, 4.69) is 27.0 Å². The number of ether oxygens (including phenoxy) is 1. The van der Waals surface area contributed by atoms with Crippen molar-refractivity contribution >= 4 is 28.8 Å². The van der Waals surface area contributed by atoms with E-state index in [1.807, 2.05) is 17.0 Å². The Hall–Kier alpha value is -2.38. The maximum absolute atomic E-state index is 12.6. The molecule has 4 rings (SSSR count). The molecule has 1 saturated heterocycles. The molecule has 3 heterocycles. The third kappa shape index (κ3) is 3.73. The Bertz CT molecular complexity index is 785. The first-order valence-corrected chi connectivity index (χ1v) is 9.71. The fraction of sp³-hybridized carbons (Fsp3) is 0.368. The van der Waals surface area contributed by atoms with Crippen LogP contribution in [0.5, 0.6) is 5.75 Å². The predicted octanol–water partition coefficient (Wildman–Crippen LogP) is 2.18. The van der Waals surface area contributed by atoms with Gasteiger partial charge in [0.15, 0.2) is 6.10 Å². The molecule has 0 unspecified atom stereocenters. The minimum Gasteiger partial charge on any atom is -0.478 e. The van der Waals surface area contributed by atoms with Crippen molar-refractivity contribution in [2.45, 2.75) is 19.1 Å². The van der Waals surface area contributed by atoms with E-state index in [1.165, 1.54) is 5.56 Å². The molecule has 0 bridgehead atoms. The first-order valence-electron chi connectivity index (χ1n) is 8.77. The van der Waals surface area contributed by atoms with E-state index in [4.69, 9.17) is 4.74 Å². The number of fused-ring (bicyclic) bond motifs is 1. The average molecular weight is 371 g/mol. The molecule has 0 saturated carbocycles. The molecule has 0 aliphatic carbocycles. The first kappa shape index (κ1) is 17.1. The van der Waals surface area contributed by atoms with Gasteiger partial charge in [0.25, 0.3) is 5.91 Å². The molecule has 7 heteroatoms. The Morgan fingerprint density at radius 1 is 1.19 bits per heavy atom. The van der Waals surface area contributed by atoms with Crippen LogP contribution in [-0.2, 0) is 16.1 Å². The average Bonchev–Trinajstić information content (AvgIpc) is 3.16. The standard InChI is InChI=1S/C19H21N3O3S/c23-18(11-17-19(24)20-15-3-1-2-4-16(15)25-17)22-8-6-21(7-9-22)12-14-5-10-26-13-14/h1-5,10,13,17H,6-9,11-12H2,(H,20,24)/t17-/m0/s1. The van der Waals surface area contributed by atoms with E-state index in [9.17, 15) is 9.59 Å². The Morgan fingerprint density at radius 3 is 2.77 bits per heavy atom. The second-order valence-electron chi connectivity index (χ2n) is 6.58. The lowest BCUT2D eigenvalue weighted by Crippen LogP contribution is -2.50. The fourth-order valence-corrected chi connectivity index (χ4v) is 3.97. The third-order valence-corrected chi connectivity index (χ3v) is 5.51. The van der Waals surface area contributed by atoms with Gasteiger partial charge in [-0.2, -0.15) is 11.3 Å². The lowest BCUT2D eigenvalue weighted by molar-refractivity contribution is -0.138. The molecule has 2 aliphatic heterocycles. The summed E-state index contributed by atoms with van der Waals surface area (Å²) in [7, 11) is 0. The minimum absolute atomic E-state index is 0.0280. The van der Waals surface area contributed by atoms with E-state index in [0.29, 0.717) is 24.5 Å². The third-order valence-electron chi connectivity index (χ3n) is 4.78. The van der Waals surface area contributed by atoms with E-state index >= 15 is 0 Å². The van der Waals surface area contributed by atoms with Gasteiger partial charge in [-0.05, 0) is 34.5 Å². The van der Waals surface area contributed by atoms with Gasteiger partial charge in [0.1, 0.15) is 5.75 Å². The van der Waals surface area contributed by atoms with Crippen LogP contribution in [0.25, 0.3) is 0 Å². The van der Waals surface area contributed by atoms with Crippen LogP contribution in [0.1, 0.15) is 12.0 Å². The van der Waals surface area contributed by atoms with Crippen molar-refractivity contribution in [1.82, 2.24) is 9.80 Å². The number of benzene rings is 1. The molecule has 1 aromatic heterocycles. The highest BCUT2D eigenvalue weighted by atomic mass is 32.1. The van der Waals surface area contributed by atoms with Gasteiger partial charge < -0.3 is 15.0 Å². The fourth-order valence-electron chi connectivity index (χ4n) is 3.31. The highest BCUT2D eigenvalue weighted by Crippen LogP contribution is 2.29. The number of piperazine rings is 1. The number of nitrogens with zero attached hydrogens (tertiary/aromatic N) is 2. The van der Waals surface area contributed by atoms with Crippen molar-refractivity contribution < 1.29 is 14.3 Å². The lowest BCUT2D eigenvalue weighted by Gasteiger charge is -2.35. The summed E-state index contributed by atoms with van der Waals surface area (Å²) in [6.45, 7) is 4.00. The lowest BCUT2D eigenvalue weighted by atomic mass is 10.1. The van der Waals surface area contributed by atoms with E-state index in [1.54, 1.807) is 23.5 Å². The molecule has 2 aliphatic rings. The summed E-state index contributed by atoms with van der Waals surface area (Å²) >= 11 is 1.71. The Kier molecular flexibility index (Phi) is 4.90. The molecular weight excluding hydrogens is 350 g/mol. The molecule has 1 atom stereocenters. The van der Waals surface area contributed by atoms with E-state index < -0.39 is 6.10 Å². The topological polar surface area (TPSA) is 61.9 Å². The van der Waals surface area contributed by atoms with Gasteiger partial charge in [-0.1, -0.05) is 12.1 Å². The van der Waals surface area contributed by atoms with Gasteiger partial charge in [-0.3, -0.25) is 14.5 Å². The minimum atomic E-state index is -0.763. The van der Waals surface area contributed by atoms with Gasteiger partial charge in [0, 0.05) is 32.7 Å². The number of para-hydroxylation sites is 2. The highest BCUT2D eigenvalue weighted by Gasteiger charge is 2.32. The van der Waals surface area contributed by atoms with Gasteiger partial charge in [0.2, 0.25) is 5.91 Å². The maximum Gasteiger partial charge on any atom is 0.266 e. The van der Waals surface area contributed by atoms with Crippen molar-refractivity contribution in [3.8, 4) is 5.75 Å². The van der Waals surface area contributed by atoms with E-state index in [-0.39, 0.29) is 18.2 Å². The second-order valence-corrected chi connectivity index (χ2v) is 7.36. The zero-order chi connectivity index (χ0) is 17.9. The van der Waals surface area contributed by atoms with Gasteiger partial charge in [-0.15, -0.1) is 0 Å². The number of rotatable bonds is 4. The molecule has 2 amide bonds. The van der Waals surface area contributed by atoms with Gasteiger partial charge in [0.05, 0.1) is 12.1 Å². The summed E-state index contributed by atoms with van der Waals surface area (Å²) in [4.78, 5) is 29.0. The molecule has 1 fully saturated rings. The van der Waals surface area contributed by atoms with Crippen molar-refractivity contribution in [3.63, 3.8) is 0 Å². The van der Waals surface area contributed by atoms with Crippen molar-refractivity contribution in [3.05, 3.63) is 46.7 Å². The van der Waals surface area contributed by atoms with Gasteiger partial charge >= 0.3 is 0 Å². The zero-order valence-electron chi connectivity index (χ0n) is 14.4. The number of anilines is 1. The summed E-state index contributed by atoms with van der Waals surface area (Å²) in [5, 5.41) is 7.06. The normalized spacial score (nSPS) is 20.2. The SMILES string of the molecule is O=C1Nc2ccccc2O[C@H]1CC(=O)N1CCN(Cc2ccsc2)CC1. The van der Waals surface area contributed by atoms with Gasteiger partial charge in [-0.25, -0.2) is 0 Å². The second kappa shape index (κ2) is 7.47. The quantitative estimate of drug-likeness (QED) is 0.895. The van der Waals surface area contributed by atoms with Crippen LogP contribution >= 0.6 is 11.3 Å². The summed E-state index contributed by atoms with van der Waals surface area (Å²) < 4.78 is 5.73. The first-order chi connectivity index (χ1) is 12.7. The van der Waals surface area contributed by atoms with Crippen LogP contribution in [0.4, 0.5) is 5.69 Å². The maximum atomic E-state index is 12.6. The van der Waals surface area contributed by atoms with Crippen molar-refractivity contribution in [2.75, 3.05) is 31.5 Å². The van der Waals surface area contributed by atoms with Crippen LogP contribution < -0.4 is 10.1 Å². The molecule has 2 aromatic rings. The van der Waals surface area contributed by atoms with Crippen LogP contribution in [-0.4, -0.2) is 53.9 Å². The monoisotopic (exact) mass is 371 g/mol. The number of nitrogens with one attached hydrogen (secondary N) is 1. The molecule has 0 radical (unpaired) electrons. The number of amides is 2. The van der Waals surface area contributed by atoms with Crippen molar-refractivity contribution in [2.24, 2.45) is 0 Å². The molecule has 0 spiro atoms. The molecule has 6 nitrogen and oxygen atoms in total. The number of carbonyl (C=O) groups excluding carboxylic acids is 2. The number of carbonyl (C=O) groups is 2. The molecular formula is C19H21N3O3S. The van der Waals surface area contributed by atoms with Crippen molar-refractivity contribution in [1.29, 1.82) is 0 Å². The van der Waals surface area contributed by atoms with Crippen LogP contribution in [0.3, 0.4) is 0 Å². The van der Waals surface area contributed by atoms with E-state index in [0.717, 1.165) is 19.6 Å². The zero-order valence-corrected chi connectivity index (χ0v) is 15.2. The van der Waals surface area contributed by atoms with Crippen LogP contribution in [0, 0.1) is 0 Å². The number of hydrogen-bond acceptors (Lipinski definition) is 5. The Labute approximate surface area is 156 Å². The number of hydrogen-bond donors (Lipinski definition) is 1. The molecule has 26 heavy (non-hydrogen) atoms. The predicted molar refractivity (Wildman–Crippen MR) is 100 cm³/mol. The summed E-state index contributed by atoms with van der Waals surface area (Å²) in [5.41, 5.74) is 1.98. The summed E-state index contributed by atoms with van der Waals surface area (Å²) in [6, 6.07) is 9.41.